The molecule has 0 aliphatic heterocycles. The molecule has 2 aromatic heterocycles. The molecule has 4 heteroatoms. The standard InChI is InChI=1S/C7H7N3O/c11-4-5-1-2-8-6-3-9-10-7(5)6/h1-3,11H,4H2,(H,9,10). The fourth-order valence-corrected chi connectivity index (χ4v) is 1.04. The molecule has 0 atom stereocenters. The predicted molar refractivity (Wildman–Crippen MR) is 39.8 cm³/mol. The fraction of sp³-hybridized carbons (Fsp3) is 0.143. The van der Waals surface area contributed by atoms with Crippen molar-refractivity contribution < 1.29 is 5.11 Å². The molecule has 2 aromatic rings. The first kappa shape index (κ1) is 6.30. The van der Waals surface area contributed by atoms with Gasteiger partial charge in [0.25, 0.3) is 0 Å². The van der Waals surface area contributed by atoms with Gasteiger partial charge in [-0.15, -0.1) is 0 Å². The van der Waals surface area contributed by atoms with Crippen LogP contribution < -0.4 is 0 Å². The van der Waals surface area contributed by atoms with E-state index in [-0.39, 0.29) is 6.61 Å². The highest BCUT2D eigenvalue weighted by Crippen LogP contribution is 2.11. The van der Waals surface area contributed by atoms with E-state index in [9.17, 15) is 0 Å². The molecule has 0 aliphatic carbocycles. The lowest BCUT2D eigenvalue weighted by Crippen LogP contribution is -1.86. The van der Waals surface area contributed by atoms with Crippen LogP contribution in [0.2, 0.25) is 0 Å². The van der Waals surface area contributed by atoms with Gasteiger partial charge in [0.15, 0.2) is 0 Å². The van der Waals surface area contributed by atoms with Gasteiger partial charge in [-0.25, -0.2) is 0 Å². The summed E-state index contributed by atoms with van der Waals surface area (Å²) in [5, 5.41) is 15.5. The van der Waals surface area contributed by atoms with Crippen LogP contribution in [0.1, 0.15) is 5.56 Å². The van der Waals surface area contributed by atoms with Crippen LogP contribution in [0.15, 0.2) is 18.5 Å². The SMILES string of the molecule is OCc1ccnc2cn[nH]c12. The molecule has 0 fully saturated rings. The number of aromatic amines is 1. The van der Waals surface area contributed by atoms with Gasteiger partial charge < -0.3 is 5.11 Å². The molecule has 2 N–H and O–H groups in total. The second kappa shape index (κ2) is 2.32. The number of fused-ring (bicyclic) bond motifs is 1. The largest absolute Gasteiger partial charge is 0.392 e. The van der Waals surface area contributed by atoms with Crippen LogP contribution in [-0.4, -0.2) is 20.3 Å². The normalized spacial score (nSPS) is 10.6. The van der Waals surface area contributed by atoms with Gasteiger partial charge >= 0.3 is 0 Å². The Morgan fingerprint density at radius 1 is 1.55 bits per heavy atom. The predicted octanol–water partition coefficient (Wildman–Crippen LogP) is 0.450. The van der Waals surface area contributed by atoms with E-state index in [2.05, 4.69) is 15.2 Å². The summed E-state index contributed by atoms with van der Waals surface area (Å²) < 4.78 is 0. The zero-order chi connectivity index (χ0) is 7.68. The highest BCUT2D eigenvalue weighted by Gasteiger charge is 2.00. The Morgan fingerprint density at radius 3 is 3.27 bits per heavy atom. The molecule has 0 radical (unpaired) electrons. The van der Waals surface area contributed by atoms with Gasteiger partial charge in [0.2, 0.25) is 0 Å². The quantitative estimate of drug-likeness (QED) is 0.618. The number of rotatable bonds is 1. The molecule has 0 bridgehead atoms. The number of aliphatic hydroxyl groups excluding tert-OH is 1. The summed E-state index contributed by atoms with van der Waals surface area (Å²) in [6.07, 6.45) is 3.29. The molecule has 0 spiro atoms. The molecule has 56 valence electrons. The fourth-order valence-electron chi connectivity index (χ4n) is 1.04. The average molecular weight is 149 g/mol. The first-order valence-corrected chi connectivity index (χ1v) is 3.29. The Hall–Kier alpha value is -1.42. The molecular formula is C7H7N3O. The van der Waals surface area contributed by atoms with Crippen LogP contribution >= 0.6 is 0 Å². The van der Waals surface area contributed by atoms with Crippen molar-refractivity contribution >= 4 is 11.0 Å². The Kier molecular flexibility index (Phi) is 1.33. The van der Waals surface area contributed by atoms with Crippen molar-refractivity contribution in [1.29, 1.82) is 0 Å². The van der Waals surface area contributed by atoms with E-state index in [1.165, 1.54) is 0 Å². The summed E-state index contributed by atoms with van der Waals surface area (Å²) in [6.45, 7) is 0.0151. The maximum atomic E-state index is 8.88. The molecule has 4 nitrogen and oxygen atoms in total. The summed E-state index contributed by atoms with van der Waals surface area (Å²) >= 11 is 0. The number of nitrogens with one attached hydrogen (secondary N) is 1. The smallest absolute Gasteiger partial charge is 0.108 e. The minimum Gasteiger partial charge on any atom is -0.392 e. The van der Waals surface area contributed by atoms with Crippen LogP contribution in [0.25, 0.3) is 11.0 Å². The topological polar surface area (TPSA) is 61.8 Å². The minimum atomic E-state index is 0.0151. The van der Waals surface area contributed by atoms with Crippen LogP contribution in [0, 0.1) is 0 Å². The molecule has 11 heavy (non-hydrogen) atoms. The number of hydrogen-bond acceptors (Lipinski definition) is 3. The third-order valence-electron chi connectivity index (χ3n) is 1.60. The summed E-state index contributed by atoms with van der Waals surface area (Å²) in [5.41, 5.74) is 2.43. The second-order valence-corrected chi connectivity index (χ2v) is 2.26. The Bertz CT molecular complexity index is 368. The third kappa shape index (κ3) is 0.877. The highest BCUT2D eigenvalue weighted by atomic mass is 16.3. The van der Waals surface area contributed by atoms with Gasteiger partial charge in [-0.3, -0.25) is 10.1 Å². The van der Waals surface area contributed by atoms with Crippen molar-refractivity contribution in [2.45, 2.75) is 6.61 Å². The molecule has 0 aromatic carbocycles. The molecular weight excluding hydrogens is 142 g/mol. The molecule has 0 saturated heterocycles. The molecule has 0 amide bonds. The van der Waals surface area contributed by atoms with Crippen molar-refractivity contribution in [2.24, 2.45) is 0 Å². The van der Waals surface area contributed by atoms with Gasteiger partial charge in [0, 0.05) is 11.8 Å². The van der Waals surface area contributed by atoms with E-state index >= 15 is 0 Å². The number of hydrogen-bond donors (Lipinski definition) is 2. The lowest BCUT2D eigenvalue weighted by atomic mass is 10.2. The van der Waals surface area contributed by atoms with Crippen molar-refractivity contribution in [1.82, 2.24) is 15.2 Å². The number of H-pyrrole nitrogens is 1. The molecule has 0 saturated carbocycles. The Labute approximate surface area is 62.9 Å². The number of pyridine rings is 1. The lowest BCUT2D eigenvalue weighted by molar-refractivity contribution is 0.283. The monoisotopic (exact) mass is 149 g/mol. The van der Waals surface area contributed by atoms with Crippen LogP contribution in [-0.2, 0) is 6.61 Å². The lowest BCUT2D eigenvalue weighted by Gasteiger charge is -1.94. The van der Waals surface area contributed by atoms with Crippen molar-refractivity contribution in [3.05, 3.63) is 24.0 Å². The molecule has 0 unspecified atom stereocenters. The van der Waals surface area contributed by atoms with E-state index < -0.39 is 0 Å². The van der Waals surface area contributed by atoms with E-state index in [0.717, 1.165) is 16.6 Å². The van der Waals surface area contributed by atoms with Crippen molar-refractivity contribution in [3.8, 4) is 0 Å². The molecule has 0 aliphatic rings. The number of aromatic nitrogens is 3. The zero-order valence-electron chi connectivity index (χ0n) is 5.78. The minimum absolute atomic E-state index is 0.0151. The van der Waals surface area contributed by atoms with Crippen molar-refractivity contribution in [2.75, 3.05) is 0 Å². The summed E-state index contributed by atoms with van der Waals surface area (Å²) in [5.74, 6) is 0. The Balaban J connectivity index is 2.79. The third-order valence-corrected chi connectivity index (χ3v) is 1.60. The summed E-state index contributed by atoms with van der Waals surface area (Å²) in [4.78, 5) is 4.04. The van der Waals surface area contributed by atoms with Crippen LogP contribution in [0.5, 0.6) is 0 Å². The number of aliphatic hydroxyl groups is 1. The number of nitrogens with zero attached hydrogens (tertiary/aromatic N) is 2. The van der Waals surface area contributed by atoms with Crippen molar-refractivity contribution in [3.63, 3.8) is 0 Å². The summed E-state index contributed by atoms with van der Waals surface area (Å²) in [7, 11) is 0. The van der Waals surface area contributed by atoms with Gasteiger partial charge in [0.1, 0.15) is 5.52 Å². The molecule has 2 rings (SSSR count). The first-order chi connectivity index (χ1) is 5.42. The summed E-state index contributed by atoms with van der Waals surface area (Å²) in [6, 6.07) is 1.76. The maximum Gasteiger partial charge on any atom is 0.108 e. The van der Waals surface area contributed by atoms with E-state index in [4.69, 9.17) is 5.11 Å². The highest BCUT2D eigenvalue weighted by molar-refractivity contribution is 5.76. The van der Waals surface area contributed by atoms with Gasteiger partial charge in [-0.2, -0.15) is 5.10 Å². The van der Waals surface area contributed by atoms with Crippen LogP contribution in [0.4, 0.5) is 0 Å². The van der Waals surface area contributed by atoms with Gasteiger partial charge in [-0.1, -0.05) is 0 Å². The zero-order valence-corrected chi connectivity index (χ0v) is 5.78. The van der Waals surface area contributed by atoms with Gasteiger partial charge in [0.05, 0.1) is 18.3 Å². The maximum absolute atomic E-state index is 8.88. The van der Waals surface area contributed by atoms with Crippen LogP contribution in [0.3, 0.4) is 0 Å². The molecule has 2 heterocycles. The van der Waals surface area contributed by atoms with E-state index in [0.29, 0.717) is 0 Å². The van der Waals surface area contributed by atoms with E-state index in [1.807, 2.05) is 0 Å². The second-order valence-electron chi connectivity index (χ2n) is 2.26. The van der Waals surface area contributed by atoms with Gasteiger partial charge in [-0.05, 0) is 6.07 Å². The average Bonchev–Trinajstić information content (AvgIpc) is 2.50. The Morgan fingerprint density at radius 2 is 2.45 bits per heavy atom. The first-order valence-electron chi connectivity index (χ1n) is 3.29. The van der Waals surface area contributed by atoms with E-state index in [1.54, 1.807) is 18.5 Å².